The Morgan fingerprint density at radius 2 is 1.52 bits per heavy atom. The molecule has 1 unspecified atom stereocenters. The molecule has 40 heavy (non-hydrogen) atoms. The zero-order chi connectivity index (χ0) is 28.2. The smallest absolute Gasteiger partial charge is 0.266 e. The number of nitrogens with zero attached hydrogens (tertiary/aromatic N) is 3. The van der Waals surface area contributed by atoms with Crippen molar-refractivity contribution >= 4 is 16.8 Å². The van der Waals surface area contributed by atoms with E-state index in [1.54, 1.807) is 47.4 Å². The molecular formula is C32H28FN3O4. The van der Waals surface area contributed by atoms with Crippen molar-refractivity contribution in [2.45, 2.75) is 19.5 Å². The average molecular weight is 538 g/mol. The second-order valence-electron chi connectivity index (χ2n) is 9.30. The number of benzene rings is 4. The summed E-state index contributed by atoms with van der Waals surface area (Å²) in [5, 5.41) is 0.418. The van der Waals surface area contributed by atoms with Gasteiger partial charge < -0.3 is 14.4 Å². The average Bonchev–Trinajstić information content (AvgIpc) is 3.00. The van der Waals surface area contributed by atoms with Crippen LogP contribution < -0.4 is 15.0 Å². The van der Waals surface area contributed by atoms with Gasteiger partial charge in [-0.25, -0.2) is 9.37 Å². The minimum atomic E-state index is -0.674. The molecule has 0 saturated carbocycles. The van der Waals surface area contributed by atoms with Crippen molar-refractivity contribution in [2.75, 3.05) is 14.2 Å². The first-order valence-corrected chi connectivity index (χ1v) is 12.7. The van der Waals surface area contributed by atoms with Crippen LogP contribution in [0.25, 0.3) is 16.6 Å². The highest BCUT2D eigenvalue weighted by Gasteiger charge is 2.28. The lowest BCUT2D eigenvalue weighted by Gasteiger charge is -2.31. The topological polar surface area (TPSA) is 73.7 Å². The van der Waals surface area contributed by atoms with Gasteiger partial charge in [-0.05, 0) is 61.0 Å². The van der Waals surface area contributed by atoms with Gasteiger partial charge in [0.1, 0.15) is 23.1 Å². The number of hydrogen-bond donors (Lipinski definition) is 0. The van der Waals surface area contributed by atoms with Gasteiger partial charge in [0.05, 0.1) is 36.9 Å². The number of rotatable bonds is 8. The van der Waals surface area contributed by atoms with E-state index in [1.807, 2.05) is 37.3 Å². The molecule has 202 valence electrons. The Morgan fingerprint density at radius 1 is 0.900 bits per heavy atom. The summed E-state index contributed by atoms with van der Waals surface area (Å²) in [6.45, 7) is 2.07. The largest absolute Gasteiger partial charge is 0.497 e. The van der Waals surface area contributed by atoms with E-state index in [0.717, 1.165) is 5.56 Å². The van der Waals surface area contributed by atoms with Crippen molar-refractivity contribution in [3.63, 3.8) is 0 Å². The van der Waals surface area contributed by atoms with Crippen molar-refractivity contribution < 1.29 is 18.7 Å². The van der Waals surface area contributed by atoms with E-state index >= 15 is 0 Å². The van der Waals surface area contributed by atoms with E-state index in [0.29, 0.717) is 39.5 Å². The number of para-hydroxylation sites is 1. The molecule has 1 atom stereocenters. The Bertz CT molecular complexity index is 1700. The van der Waals surface area contributed by atoms with Crippen LogP contribution >= 0.6 is 0 Å². The van der Waals surface area contributed by atoms with E-state index < -0.39 is 11.9 Å². The first-order chi connectivity index (χ1) is 19.4. The van der Waals surface area contributed by atoms with Crippen molar-refractivity contribution in [1.29, 1.82) is 0 Å². The van der Waals surface area contributed by atoms with Crippen LogP contribution in [-0.2, 0) is 6.54 Å². The van der Waals surface area contributed by atoms with Gasteiger partial charge in [-0.15, -0.1) is 0 Å². The molecule has 1 amide bonds. The van der Waals surface area contributed by atoms with Crippen molar-refractivity contribution in [3.05, 3.63) is 130 Å². The molecule has 0 fully saturated rings. The fourth-order valence-electron chi connectivity index (χ4n) is 4.67. The third kappa shape index (κ3) is 5.29. The first kappa shape index (κ1) is 26.6. The van der Waals surface area contributed by atoms with Gasteiger partial charge >= 0.3 is 0 Å². The van der Waals surface area contributed by atoms with Gasteiger partial charge in [-0.2, -0.15) is 0 Å². The zero-order valence-electron chi connectivity index (χ0n) is 22.4. The molecule has 4 aromatic carbocycles. The highest BCUT2D eigenvalue weighted by atomic mass is 19.1. The molecule has 7 nitrogen and oxygen atoms in total. The first-order valence-electron chi connectivity index (χ1n) is 12.7. The van der Waals surface area contributed by atoms with Crippen molar-refractivity contribution in [1.82, 2.24) is 14.5 Å². The van der Waals surface area contributed by atoms with E-state index in [-0.39, 0.29) is 18.0 Å². The maximum Gasteiger partial charge on any atom is 0.266 e. The number of aromatic nitrogens is 2. The number of hydrogen-bond acceptors (Lipinski definition) is 5. The van der Waals surface area contributed by atoms with Gasteiger partial charge in [0, 0.05) is 18.2 Å². The second-order valence-corrected chi connectivity index (χ2v) is 9.30. The van der Waals surface area contributed by atoms with Crippen LogP contribution in [-0.4, -0.2) is 34.6 Å². The van der Waals surface area contributed by atoms with E-state index in [4.69, 9.17) is 14.5 Å². The zero-order valence-corrected chi connectivity index (χ0v) is 22.4. The Balaban J connectivity index is 1.70. The van der Waals surface area contributed by atoms with Crippen LogP contribution in [0.2, 0.25) is 0 Å². The Kier molecular flexibility index (Phi) is 7.59. The lowest BCUT2D eigenvalue weighted by Crippen LogP contribution is -2.37. The number of halogens is 1. The van der Waals surface area contributed by atoms with E-state index in [2.05, 4.69) is 0 Å². The lowest BCUT2D eigenvalue weighted by atomic mass is 10.1. The molecule has 0 bridgehead atoms. The fraction of sp³-hybridized carbons (Fsp3) is 0.156. The molecule has 0 aliphatic rings. The summed E-state index contributed by atoms with van der Waals surface area (Å²) in [6, 6.07) is 26.6. The van der Waals surface area contributed by atoms with Crippen molar-refractivity contribution in [2.24, 2.45) is 0 Å². The molecule has 1 heterocycles. The highest BCUT2D eigenvalue weighted by molar-refractivity contribution is 5.95. The van der Waals surface area contributed by atoms with E-state index in [1.165, 1.54) is 43.1 Å². The van der Waals surface area contributed by atoms with Crippen LogP contribution in [0.1, 0.15) is 34.7 Å². The number of ether oxygens (including phenoxy) is 2. The number of fused-ring (bicyclic) bond motifs is 1. The van der Waals surface area contributed by atoms with Crippen LogP contribution in [0, 0.1) is 5.82 Å². The molecule has 0 spiro atoms. The molecule has 0 N–H and O–H groups in total. The normalized spacial score (nSPS) is 11.7. The van der Waals surface area contributed by atoms with E-state index in [9.17, 15) is 14.0 Å². The number of carbonyl (C=O) groups is 1. The number of carbonyl (C=O) groups excluding carboxylic acids is 1. The molecule has 0 aliphatic heterocycles. The molecule has 8 heteroatoms. The minimum Gasteiger partial charge on any atom is -0.497 e. The third-order valence-electron chi connectivity index (χ3n) is 6.78. The summed E-state index contributed by atoms with van der Waals surface area (Å²) in [5.74, 6) is 0.563. The van der Waals surface area contributed by atoms with Crippen molar-refractivity contribution in [3.8, 4) is 17.2 Å². The third-order valence-corrected chi connectivity index (χ3v) is 6.78. The molecule has 0 saturated heterocycles. The van der Waals surface area contributed by atoms with Gasteiger partial charge in [0.2, 0.25) is 0 Å². The molecule has 1 aromatic heterocycles. The summed E-state index contributed by atoms with van der Waals surface area (Å²) in [4.78, 5) is 34.5. The Hall–Kier alpha value is -4.98. The fourth-order valence-corrected chi connectivity index (χ4v) is 4.67. The van der Waals surface area contributed by atoms with Gasteiger partial charge in [0.15, 0.2) is 0 Å². The van der Waals surface area contributed by atoms with Crippen LogP contribution in [0.4, 0.5) is 4.39 Å². The standard InChI is InChI=1S/C32H28FN3O4/c1-21(30-34-29-12-8-7-11-28(29)32(38)36(30)25-15-13-24(33)14-16-25)35(20-22-9-5-4-6-10-22)31(37)23-17-26(39-2)19-27(18-23)40-3/h4-19,21H,20H2,1-3H3. The summed E-state index contributed by atoms with van der Waals surface area (Å²) in [7, 11) is 3.04. The second kappa shape index (κ2) is 11.4. The summed E-state index contributed by atoms with van der Waals surface area (Å²) < 4.78 is 26.1. The molecule has 5 rings (SSSR count). The van der Waals surface area contributed by atoms with Crippen LogP contribution in [0.3, 0.4) is 0 Å². The molecular weight excluding hydrogens is 509 g/mol. The Morgan fingerprint density at radius 3 is 2.17 bits per heavy atom. The van der Waals surface area contributed by atoms with Gasteiger partial charge in [0.25, 0.3) is 11.5 Å². The molecule has 0 radical (unpaired) electrons. The maximum atomic E-state index is 14.2. The van der Waals surface area contributed by atoms with Crippen LogP contribution in [0.5, 0.6) is 11.5 Å². The summed E-state index contributed by atoms with van der Waals surface area (Å²) in [5.41, 5.74) is 1.89. The lowest BCUT2D eigenvalue weighted by molar-refractivity contribution is 0.0663. The monoisotopic (exact) mass is 537 g/mol. The quantitative estimate of drug-likeness (QED) is 0.245. The molecule has 0 aliphatic carbocycles. The Labute approximate surface area is 231 Å². The maximum absolute atomic E-state index is 14.2. The predicted molar refractivity (Wildman–Crippen MR) is 152 cm³/mol. The minimum absolute atomic E-state index is 0.243. The van der Waals surface area contributed by atoms with Gasteiger partial charge in [-0.1, -0.05) is 42.5 Å². The molecule has 5 aromatic rings. The SMILES string of the molecule is COc1cc(OC)cc(C(=O)N(Cc2ccccc2)C(C)c2nc3ccccc3c(=O)n2-c2ccc(F)cc2)c1. The highest BCUT2D eigenvalue weighted by Crippen LogP contribution is 2.29. The summed E-state index contributed by atoms with van der Waals surface area (Å²) in [6.07, 6.45) is 0. The van der Waals surface area contributed by atoms with Crippen LogP contribution in [0.15, 0.2) is 102 Å². The predicted octanol–water partition coefficient (Wildman–Crippen LogP) is 5.95. The number of methoxy groups -OCH3 is 2. The summed E-state index contributed by atoms with van der Waals surface area (Å²) >= 11 is 0. The van der Waals surface area contributed by atoms with Gasteiger partial charge in [-0.3, -0.25) is 14.2 Å². The number of amides is 1.